The molecule has 1 aromatic carbocycles. The Morgan fingerprint density at radius 2 is 2.08 bits per heavy atom. The highest BCUT2D eigenvalue weighted by atomic mass is 19.1. The van der Waals surface area contributed by atoms with Crippen molar-refractivity contribution >= 4 is 11.6 Å². The number of hydrogen-bond donors (Lipinski definition) is 1. The fraction of sp³-hybridized carbons (Fsp3) is 0.444. The molecule has 0 aliphatic carbocycles. The van der Waals surface area contributed by atoms with Gasteiger partial charge in [-0.25, -0.2) is 4.39 Å². The highest BCUT2D eigenvalue weighted by molar-refractivity contribution is 6.04. The standard InChI is InChI=1S/C18H23FN4O2/c1-25-15-5-6-16(19)17(11-15)21-18(24)14-12-20-23(13-14)10-9-22-7-3-2-4-8-22/h5-6,11-13H,2-4,7-10H2,1H3,(H,21,24). The van der Waals surface area contributed by atoms with Crippen molar-refractivity contribution in [3.8, 4) is 5.75 Å². The zero-order valence-corrected chi connectivity index (χ0v) is 14.4. The molecule has 3 rings (SSSR count). The summed E-state index contributed by atoms with van der Waals surface area (Å²) in [5, 5.41) is 6.79. The van der Waals surface area contributed by atoms with Crippen LogP contribution in [0.15, 0.2) is 30.6 Å². The van der Waals surface area contributed by atoms with Gasteiger partial charge in [-0.2, -0.15) is 5.10 Å². The number of carbonyl (C=O) groups excluding carboxylic acids is 1. The monoisotopic (exact) mass is 346 g/mol. The topological polar surface area (TPSA) is 59.4 Å². The second-order valence-electron chi connectivity index (χ2n) is 6.19. The lowest BCUT2D eigenvalue weighted by molar-refractivity contribution is 0.102. The van der Waals surface area contributed by atoms with E-state index in [2.05, 4.69) is 15.3 Å². The maximum atomic E-state index is 13.8. The second kappa shape index (κ2) is 8.11. The maximum absolute atomic E-state index is 13.8. The number of amides is 1. The van der Waals surface area contributed by atoms with Crippen molar-refractivity contribution in [2.75, 3.05) is 32.1 Å². The van der Waals surface area contributed by atoms with Crippen molar-refractivity contribution in [3.05, 3.63) is 42.0 Å². The smallest absolute Gasteiger partial charge is 0.258 e. The number of carbonyl (C=O) groups is 1. The average Bonchev–Trinajstić information content (AvgIpc) is 3.12. The van der Waals surface area contributed by atoms with Crippen LogP contribution in [0.4, 0.5) is 10.1 Å². The number of halogens is 1. The first kappa shape index (κ1) is 17.4. The molecule has 2 heterocycles. The Labute approximate surface area is 146 Å². The molecule has 134 valence electrons. The normalized spacial score (nSPS) is 15.1. The minimum atomic E-state index is -0.508. The Balaban J connectivity index is 1.58. The van der Waals surface area contributed by atoms with Crippen LogP contribution in [0.2, 0.25) is 0 Å². The van der Waals surface area contributed by atoms with Gasteiger partial charge in [0.25, 0.3) is 5.91 Å². The van der Waals surface area contributed by atoms with Crippen molar-refractivity contribution in [1.29, 1.82) is 0 Å². The molecule has 2 aromatic rings. The molecule has 1 amide bonds. The first-order chi connectivity index (χ1) is 12.2. The molecule has 1 N–H and O–H groups in total. The van der Waals surface area contributed by atoms with Gasteiger partial charge in [0.1, 0.15) is 11.6 Å². The van der Waals surface area contributed by atoms with E-state index in [1.54, 1.807) is 10.9 Å². The summed E-state index contributed by atoms with van der Waals surface area (Å²) in [6.07, 6.45) is 7.00. The molecular formula is C18H23FN4O2. The minimum absolute atomic E-state index is 0.0883. The summed E-state index contributed by atoms with van der Waals surface area (Å²) in [5.41, 5.74) is 0.492. The van der Waals surface area contributed by atoms with Crippen LogP contribution in [0.3, 0.4) is 0 Å². The van der Waals surface area contributed by atoms with Gasteiger partial charge < -0.3 is 15.0 Å². The number of likely N-dealkylation sites (tertiary alicyclic amines) is 1. The quantitative estimate of drug-likeness (QED) is 0.874. The molecule has 1 aromatic heterocycles. The number of hydrogen-bond acceptors (Lipinski definition) is 4. The van der Waals surface area contributed by atoms with Gasteiger partial charge in [-0.05, 0) is 38.1 Å². The Bertz CT molecular complexity index is 726. The second-order valence-corrected chi connectivity index (χ2v) is 6.19. The zero-order valence-electron chi connectivity index (χ0n) is 14.4. The van der Waals surface area contributed by atoms with E-state index in [4.69, 9.17) is 4.74 Å². The SMILES string of the molecule is COc1ccc(F)c(NC(=O)c2cnn(CCN3CCCCC3)c2)c1. The lowest BCUT2D eigenvalue weighted by atomic mass is 10.1. The van der Waals surface area contributed by atoms with Crippen molar-refractivity contribution in [2.24, 2.45) is 0 Å². The summed E-state index contributed by atoms with van der Waals surface area (Å²) in [6, 6.07) is 4.22. The van der Waals surface area contributed by atoms with Crippen LogP contribution in [0.25, 0.3) is 0 Å². The number of benzene rings is 1. The van der Waals surface area contributed by atoms with E-state index in [1.807, 2.05) is 0 Å². The number of nitrogens with zero attached hydrogens (tertiary/aromatic N) is 3. The number of anilines is 1. The number of rotatable bonds is 6. The number of aromatic nitrogens is 2. The molecule has 0 atom stereocenters. The molecule has 0 saturated carbocycles. The molecule has 1 fully saturated rings. The summed E-state index contributed by atoms with van der Waals surface area (Å²) in [7, 11) is 1.49. The van der Waals surface area contributed by atoms with Gasteiger partial charge in [0.15, 0.2) is 0 Å². The lowest BCUT2D eigenvalue weighted by Gasteiger charge is -2.26. The van der Waals surface area contributed by atoms with Gasteiger partial charge in [-0.15, -0.1) is 0 Å². The summed E-state index contributed by atoms with van der Waals surface area (Å²) in [5.74, 6) is -0.419. The van der Waals surface area contributed by atoms with Gasteiger partial charge in [0.2, 0.25) is 0 Å². The summed E-state index contributed by atoms with van der Waals surface area (Å²) in [6.45, 7) is 3.92. The van der Waals surface area contributed by atoms with Crippen LogP contribution in [-0.2, 0) is 6.54 Å². The molecule has 6 nitrogen and oxygen atoms in total. The Kier molecular flexibility index (Phi) is 5.65. The first-order valence-corrected chi connectivity index (χ1v) is 8.55. The zero-order chi connectivity index (χ0) is 17.6. The predicted octanol–water partition coefficient (Wildman–Crippen LogP) is 2.77. The van der Waals surface area contributed by atoms with Gasteiger partial charge in [-0.3, -0.25) is 9.48 Å². The third kappa shape index (κ3) is 4.57. The van der Waals surface area contributed by atoms with E-state index in [0.29, 0.717) is 11.3 Å². The van der Waals surface area contributed by atoms with Gasteiger partial charge >= 0.3 is 0 Å². The number of methoxy groups -OCH3 is 1. The van der Waals surface area contributed by atoms with E-state index in [0.717, 1.165) is 26.2 Å². The fourth-order valence-electron chi connectivity index (χ4n) is 2.95. The molecule has 0 bridgehead atoms. The van der Waals surface area contributed by atoms with Gasteiger partial charge in [-0.1, -0.05) is 6.42 Å². The molecule has 0 spiro atoms. The molecule has 1 saturated heterocycles. The van der Waals surface area contributed by atoms with E-state index in [-0.39, 0.29) is 5.69 Å². The van der Waals surface area contributed by atoms with E-state index in [9.17, 15) is 9.18 Å². The molecule has 25 heavy (non-hydrogen) atoms. The van der Waals surface area contributed by atoms with Crippen LogP contribution >= 0.6 is 0 Å². The third-order valence-electron chi connectivity index (χ3n) is 4.41. The number of piperidine rings is 1. The lowest BCUT2D eigenvalue weighted by Crippen LogP contribution is -2.32. The molecule has 0 unspecified atom stereocenters. The van der Waals surface area contributed by atoms with E-state index >= 15 is 0 Å². The molecule has 1 aliphatic heterocycles. The van der Waals surface area contributed by atoms with E-state index < -0.39 is 11.7 Å². The molecule has 1 aliphatic rings. The summed E-state index contributed by atoms with van der Waals surface area (Å²) < 4.78 is 20.6. The highest BCUT2D eigenvalue weighted by Crippen LogP contribution is 2.21. The number of ether oxygens (including phenoxy) is 1. The number of nitrogens with one attached hydrogen (secondary N) is 1. The minimum Gasteiger partial charge on any atom is -0.497 e. The van der Waals surface area contributed by atoms with Crippen LogP contribution < -0.4 is 10.1 Å². The van der Waals surface area contributed by atoms with Gasteiger partial charge in [0, 0.05) is 18.8 Å². The maximum Gasteiger partial charge on any atom is 0.258 e. The van der Waals surface area contributed by atoms with Crippen molar-refractivity contribution in [2.45, 2.75) is 25.8 Å². The van der Waals surface area contributed by atoms with Crippen LogP contribution in [0.1, 0.15) is 29.6 Å². The summed E-state index contributed by atoms with van der Waals surface area (Å²) >= 11 is 0. The largest absolute Gasteiger partial charge is 0.497 e. The Morgan fingerprint density at radius 1 is 1.28 bits per heavy atom. The predicted molar refractivity (Wildman–Crippen MR) is 93.4 cm³/mol. The molecule has 7 heteroatoms. The van der Waals surface area contributed by atoms with Crippen molar-refractivity contribution < 1.29 is 13.9 Å². The van der Waals surface area contributed by atoms with Crippen LogP contribution in [-0.4, -0.2) is 47.3 Å². The molecular weight excluding hydrogens is 323 g/mol. The molecule has 0 radical (unpaired) electrons. The van der Waals surface area contributed by atoms with Crippen molar-refractivity contribution in [3.63, 3.8) is 0 Å². The third-order valence-corrected chi connectivity index (χ3v) is 4.41. The Hall–Kier alpha value is -2.41. The average molecular weight is 346 g/mol. The van der Waals surface area contributed by atoms with E-state index in [1.165, 1.54) is 50.8 Å². The summed E-state index contributed by atoms with van der Waals surface area (Å²) in [4.78, 5) is 14.7. The Morgan fingerprint density at radius 3 is 2.84 bits per heavy atom. The van der Waals surface area contributed by atoms with Crippen LogP contribution in [0.5, 0.6) is 5.75 Å². The van der Waals surface area contributed by atoms with Crippen molar-refractivity contribution in [1.82, 2.24) is 14.7 Å². The first-order valence-electron chi connectivity index (χ1n) is 8.55. The highest BCUT2D eigenvalue weighted by Gasteiger charge is 2.14. The van der Waals surface area contributed by atoms with Gasteiger partial charge in [0.05, 0.1) is 31.1 Å². The van der Waals surface area contributed by atoms with Crippen LogP contribution in [0, 0.1) is 5.82 Å². The fourth-order valence-corrected chi connectivity index (χ4v) is 2.95.